The van der Waals surface area contributed by atoms with Gasteiger partial charge in [-0.05, 0) is 6.42 Å². The number of hydrogen-bond acceptors (Lipinski definition) is 2. The average molecular weight is 198 g/mol. The van der Waals surface area contributed by atoms with Gasteiger partial charge in [0.1, 0.15) is 11.2 Å². The molecule has 0 aromatic carbocycles. The van der Waals surface area contributed by atoms with E-state index in [0.717, 1.165) is 0 Å². The first kappa shape index (κ1) is 10.7. The number of amides is 1. The molecule has 0 aromatic rings. The van der Waals surface area contributed by atoms with Crippen molar-refractivity contribution < 1.29 is 9.59 Å². The van der Waals surface area contributed by atoms with E-state index < -0.39 is 10.8 Å². The Bertz CT molecular complexity index is 163. The minimum absolute atomic E-state index is 0.00860. The zero-order chi connectivity index (χ0) is 8.91. The van der Waals surface area contributed by atoms with Gasteiger partial charge in [-0.25, -0.2) is 0 Å². The molecular formula is C6H9Cl2NO2. The van der Waals surface area contributed by atoms with Gasteiger partial charge in [-0.3, -0.25) is 4.79 Å². The van der Waals surface area contributed by atoms with Gasteiger partial charge in [-0.2, -0.15) is 0 Å². The average Bonchev–Trinajstić information content (AvgIpc) is 2.00. The molecule has 5 heteroatoms. The van der Waals surface area contributed by atoms with E-state index in [-0.39, 0.29) is 18.7 Å². The lowest BCUT2D eigenvalue weighted by molar-refractivity contribution is -0.118. The molecule has 0 rings (SSSR count). The maximum Gasteiger partial charge on any atom is 0.217 e. The maximum absolute atomic E-state index is 10.3. The predicted octanol–water partition coefficient (Wildman–Crippen LogP) is 0.667. The van der Waals surface area contributed by atoms with Crippen molar-refractivity contribution in [1.29, 1.82) is 0 Å². The zero-order valence-corrected chi connectivity index (χ0v) is 7.36. The van der Waals surface area contributed by atoms with Crippen molar-refractivity contribution in [3.05, 3.63) is 0 Å². The Morgan fingerprint density at radius 1 is 1.64 bits per heavy atom. The molecule has 0 saturated heterocycles. The number of carbonyl (C=O) groups is 2. The smallest absolute Gasteiger partial charge is 0.217 e. The number of rotatable bonds is 5. The van der Waals surface area contributed by atoms with Crippen LogP contribution < -0.4 is 5.73 Å². The lowest BCUT2D eigenvalue weighted by Gasteiger charge is -2.14. The number of hydrogen-bond donors (Lipinski definition) is 1. The van der Waals surface area contributed by atoms with Crippen molar-refractivity contribution >= 4 is 35.4 Å². The molecule has 0 aliphatic rings. The van der Waals surface area contributed by atoms with E-state index in [2.05, 4.69) is 0 Å². The second kappa shape index (κ2) is 4.57. The summed E-state index contributed by atoms with van der Waals surface area (Å²) in [6, 6.07) is 0. The van der Waals surface area contributed by atoms with Crippen LogP contribution in [0.15, 0.2) is 0 Å². The van der Waals surface area contributed by atoms with E-state index in [0.29, 0.717) is 6.29 Å². The van der Waals surface area contributed by atoms with Crippen LogP contribution >= 0.6 is 23.2 Å². The maximum atomic E-state index is 10.3. The van der Waals surface area contributed by atoms with Gasteiger partial charge in [0, 0.05) is 12.3 Å². The Balaban J connectivity index is 3.87. The molecule has 1 amide bonds. The van der Waals surface area contributed by atoms with Crippen LogP contribution in [0, 0.1) is 0 Å². The Morgan fingerprint density at radius 2 is 2.18 bits per heavy atom. The molecule has 3 nitrogen and oxygen atoms in total. The number of alkyl halides is 2. The number of nitrogens with two attached hydrogens (primary N) is 1. The number of primary amides is 1. The van der Waals surface area contributed by atoms with Crippen LogP contribution in [0.5, 0.6) is 0 Å². The lowest BCUT2D eigenvalue weighted by atomic mass is 10.1. The highest BCUT2D eigenvalue weighted by Gasteiger charge is 2.25. The van der Waals surface area contributed by atoms with E-state index in [1.165, 1.54) is 0 Å². The number of carbonyl (C=O) groups excluding carboxylic acids is 2. The van der Waals surface area contributed by atoms with Crippen LogP contribution in [-0.2, 0) is 9.59 Å². The largest absolute Gasteiger partial charge is 0.370 e. The monoisotopic (exact) mass is 197 g/mol. The van der Waals surface area contributed by atoms with Crippen molar-refractivity contribution in [3.63, 3.8) is 0 Å². The van der Waals surface area contributed by atoms with E-state index in [9.17, 15) is 9.59 Å². The summed E-state index contributed by atoms with van der Waals surface area (Å²) in [4.78, 5) is 19.5. The van der Waals surface area contributed by atoms with Gasteiger partial charge in [0.25, 0.3) is 0 Å². The van der Waals surface area contributed by atoms with Gasteiger partial charge >= 0.3 is 0 Å². The molecule has 64 valence electrons. The standard InChI is InChI=1S/C6H9Cl2NO2/c7-3-6(8,4-10)2-1-5(9)11/h4H,1-3H2,(H2,9,11). The lowest BCUT2D eigenvalue weighted by Crippen LogP contribution is -2.27. The Kier molecular flexibility index (Phi) is 4.45. The Morgan fingerprint density at radius 3 is 2.45 bits per heavy atom. The molecule has 1 unspecified atom stereocenters. The zero-order valence-electron chi connectivity index (χ0n) is 5.85. The summed E-state index contributed by atoms with van der Waals surface area (Å²) in [6.07, 6.45) is 0.802. The highest BCUT2D eigenvalue weighted by atomic mass is 35.5. The molecule has 1 atom stereocenters. The number of halogens is 2. The minimum Gasteiger partial charge on any atom is -0.370 e. The second-order valence-electron chi connectivity index (χ2n) is 2.25. The highest BCUT2D eigenvalue weighted by molar-refractivity contribution is 6.37. The molecule has 11 heavy (non-hydrogen) atoms. The predicted molar refractivity (Wildman–Crippen MR) is 43.8 cm³/mol. The van der Waals surface area contributed by atoms with Crippen molar-refractivity contribution in [2.75, 3.05) is 5.88 Å². The van der Waals surface area contributed by atoms with Crippen LogP contribution in [0.25, 0.3) is 0 Å². The van der Waals surface area contributed by atoms with Crippen molar-refractivity contribution in [3.8, 4) is 0 Å². The van der Waals surface area contributed by atoms with E-state index in [4.69, 9.17) is 28.9 Å². The third-order valence-corrected chi connectivity index (χ3v) is 2.25. The van der Waals surface area contributed by atoms with Gasteiger partial charge in [0.05, 0.1) is 0 Å². The van der Waals surface area contributed by atoms with Gasteiger partial charge in [-0.15, -0.1) is 23.2 Å². The first-order valence-corrected chi connectivity index (χ1v) is 3.95. The summed E-state index contributed by atoms with van der Waals surface area (Å²) in [5.41, 5.74) is 4.85. The highest BCUT2D eigenvalue weighted by Crippen LogP contribution is 2.20. The molecule has 0 spiro atoms. The summed E-state index contributed by atoms with van der Waals surface area (Å²) in [5.74, 6) is -0.493. The van der Waals surface area contributed by atoms with Crippen molar-refractivity contribution in [2.24, 2.45) is 5.73 Å². The van der Waals surface area contributed by atoms with Gasteiger partial charge < -0.3 is 10.5 Å². The molecule has 0 saturated carbocycles. The second-order valence-corrected chi connectivity index (χ2v) is 3.27. The molecular weight excluding hydrogens is 189 g/mol. The summed E-state index contributed by atoms with van der Waals surface area (Å²) in [7, 11) is 0. The van der Waals surface area contributed by atoms with E-state index in [1.807, 2.05) is 0 Å². The molecule has 0 bridgehead atoms. The molecule has 0 aromatic heterocycles. The number of aldehydes is 1. The van der Waals surface area contributed by atoms with Gasteiger partial charge in [-0.1, -0.05) is 0 Å². The van der Waals surface area contributed by atoms with Crippen LogP contribution in [0.2, 0.25) is 0 Å². The van der Waals surface area contributed by atoms with Gasteiger partial charge in [0.15, 0.2) is 0 Å². The van der Waals surface area contributed by atoms with Crippen molar-refractivity contribution in [2.45, 2.75) is 17.7 Å². The van der Waals surface area contributed by atoms with Crippen LogP contribution in [-0.4, -0.2) is 22.9 Å². The molecule has 0 aliphatic heterocycles. The summed E-state index contributed by atoms with van der Waals surface area (Å²) < 4.78 is 0. The fraction of sp³-hybridized carbons (Fsp3) is 0.667. The molecule has 0 heterocycles. The first-order chi connectivity index (χ1) is 5.04. The Labute approximate surface area is 74.8 Å². The minimum atomic E-state index is -1.13. The summed E-state index contributed by atoms with van der Waals surface area (Å²) >= 11 is 11.0. The third kappa shape index (κ3) is 4.22. The molecule has 0 aliphatic carbocycles. The van der Waals surface area contributed by atoms with Crippen LogP contribution in [0.4, 0.5) is 0 Å². The first-order valence-electron chi connectivity index (χ1n) is 3.03. The quantitative estimate of drug-likeness (QED) is 0.521. The van der Waals surface area contributed by atoms with Crippen LogP contribution in [0.3, 0.4) is 0 Å². The molecule has 0 radical (unpaired) electrons. The van der Waals surface area contributed by atoms with Crippen molar-refractivity contribution in [1.82, 2.24) is 0 Å². The van der Waals surface area contributed by atoms with E-state index in [1.54, 1.807) is 0 Å². The van der Waals surface area contributed by atoms with E-state index >= 15 is 0 Å². The van der Waals surface area contributed by atoms with Gasteiger partial charge in [0.2, 0.25) is 5.91 Å². The van der Waals surface area contributed by atoms with Crippen LogP contribution in [0.1, 0.15) is 12.8 Å². The third-order valence-electron chi connectivity index (χ3n) is 1.22. The Hall–Kier alpha value is -0.280. The fourth-order valence-electron chi connectivity index (χ4n) is 0.488. The summed E-state index contributed by atoms with van der Waals surface area (Å²) in [5, 5.41) is 0. The summed E-state index contributed by atoms with van der Waals surface area (Å²) in [6.45, 7) is 0. The molecule has 0 fully saturated rings. The SMILES string of the molecule is NC(=O)CCC(Cl)(C=O)CCl. The topological polar surface area (TPSA) is 60.2 Å². The molecule has 2 N–H and O–H groups in total. The fourth-order valence-corrected chi connectivity index (χ4v) is 0.779. The normalized spacial score (nSPS) is 15.5.